The summed E-state index contributed by atoms with van der Waals surface area (Å²) in [5.74, 6) is 1.64. The molecule has 3 heterocycles. The van der Waals surface area contributed by atoms with Crippen molar-refractivity contribution in [1.82, 2.24) is 10.2 Å². The van der Waals surface area contributed by atoms with Crippen LogP contribution in [0.25, 0.3) is 0 Å². The Labute approximate surface area is 191 Å². The lowest BCUT2D eigenvalue weighted by atomic mass is 9.78. The van der Waals surface area contributed by atoms with E-state index in [0.29, 0.717) is 18.9 Å². The van der Waals surface area contributed by atoms with Crippen LogP contribution in [0.2, 0.25) is 0 Å². The van der Waals surface area contributed by atoms with Crippen LogP contribution in [0.15, 0.2) is 48.5 Å². The van der Waals surface area contributed by atoms with E-state index in [9.17, 15) is 4.79 Å². The molecular formula is C27H34N2O3. The maximum atomic E-state index is 12.5. The molecule has 5 heteroatoms. The van der Waals surface area contributed by atoms with E-state index in [1.807, 2.05) is 30.3 Å². The second-order valence-electron chi connectivity index (χ2n) is 9.67. The Bertz CT molecular complexity index is 922. The van der Waals surface area contributed by atoms with Crippen LogP contribution in [-0.2, 0) is 29.0 Å². The minimum Gasteiger partial charge on any atom is -0.493 e. The van der Waals surface area contributed by atoms with Gasteiger partial charge in [-0.15, -0.1) is 0 Å². The van der Waals surface area contributed by atoms with Gasteiger partial charge in [-0.3, -0.25) is 9.69 Å². The summed E-state index contributed by atoms with van der Waals surface area (Å²) < 4.78 is 12.0. The molecule has 1 atom stereocenters. The Hall–Kier alpha value is -2.37. The lowest BCUT2D eigenvalue weighted by Gasteiger charge is -2.46. The standard InChI is InChI=1S/C27H34N2O3/c30-26(28-19-21-4-2-1-3-5-21)17-22-8-15-32-27(18-22)10-12-29(13-11-27)20-23-6-7-25-24(16-23)9-14-31-25/h1-7,16,22H,8-15,17-20H2,(H,28,30). The summed E-state index contributed by atoms with van der Waals surface area (Å²) in [4.78, 5) is 15.1. The lowest BCUT2D eigenvalue weighted by molar-refractivity contribution is -0.136. The smallest absolute Gasteiger partial charge is 0.220 e. The lowest BCUT2D eigenvalue weighted by Crippen LogP contribution is -2.49. The molecule has 1 N–H and O–H groups in total. The van der Waals surface area contributed by atoms with Crippen LogP contribution >= 0.6 is 0 Å². The topological polar surface area (TPSA) is 50.8 Å². The van der Waals surface area contributed by atoms with Crippen molar-refractivity contribution in [2.75, 3.05) is 26.3 Å². The van der Waals surface area contributed by atoms with Gasteiger partial charge in [0.15, 0.2) is 0 Å². The number of carbonyl (C=O) groups is 1. The second-order valence-corrected chi connectivity index (χ2v) is 9.67. The van der Waals surface area contributed by atoms with Gasteiger partial charge in [0.2, 0.25) is 5.91 Å². The van der Waals surface area contributed by atoms with Crippen LogP contribution in [0.3, 0.4) is 0 Å². The predicted octanol–water partition coefficient (Wildman–Crippen LogP) is 4.09. The number of fused-ring (bicyclic) bond motifs is 1. The zero-order valence-electron chi connectivity index (χ0n) is 18.9. The van der Waals surface area contributed by atoms with Crippen molar-refractivity contribution in [2.45, 2.75) is 57.2 Å². The minimum atomic E-state index is -0.0368. The number of nitrogens with one attached hydrogen (secondary N) is 1. The molecule has 2 aromatic rings. The highest BCUT2D eigenvalue weighted by Crippen LogP contribution is 2.39. The van der Waals surface area contributed by atoms with Crippen molar-refractivity contribution in [2.24, 2.45) is 5.92 Å². The third-order valence-electron chi connectivity index (χ3n) is 7.33. The Morgan fingerprint density at radius 3 is 2.75 bits per heavy atom. The van der Waals surface area contributed by atoms with Gasteiger partial charge in [-0.05, 0) is 54.4 Å². The first-order chi connectivity index (χ1) is 15.7. The van der Waals surface area contributed by atoms with Crippen LogP contribution in [0.4, 0.5) is 0 Å². The molecule has 1 spiro atoms. The maximum absolute atomic E-state index is 12.5. The normalized spacial score (nSPS) is 22.3. The number of rotatable bonds is 6. The van der Waals surface area contributed by atoms with Crippen molar-refractivity contribution < 1.29 is 14.3 Å². The molecule has 3 aliphatic rings. The van der Waals surface area contributed by atoms with Gasteiger partial charge in [0.05, 0.1) is 12.2 Å². The van der Waals surface area contributed by atoms with Crippen molar-refractivity contribution in [1.29, 1.82) is 0 Å². The van der Waals surface area contributed by atoms with Gasteiger partial charge >= 0.3 is 0 Å². The Balaban J connectivity index is 1.09. The van der Waals surface area contributed by atoms with Gasteiger partial charge in [0.25, 0.3) is 0 Å². The van der Waals surface area contributed by atoms with E-state index in [2.05, 4.69) is 28.4 Å². The molecular weight excluding hydrogens is 400 g/mol. The second kappa shape index (κ2) is 9.63. The number of benzene rings is 2. The predicted molar refractivity (Wildman–Crippen MR) is 124 cm³/mol. The van der Waals surface area contributed by atoms with E-state index in [1.54, 1.807) is 0 Å². The molecule has 1 amide bonds. The minimum absolute atomic E-state index is 0.0368. The van der Waals surface area contributed by atoms with Gasteiger partial charge < -0.3 is 14.8 Å². The Kier molecular flexibility index (Phi) is 6.47. The van der Waals surface area contributed by atoms with Gasteiger partial charge in [0, 0.05) is 45.6 Å². The molecule has 2 fully saturated rings. The SMILES string of the molecule is O=C(CC1CCOC2(CCN(Cc3ccc4c(c3)CCO4)CC2)C1)NCc1ccccc1. The number of hydrogen-bond donors (Lipinski definition) is 1. The van der Waals surface area contributed by atoms with Crippen molar-refractivity contribution >= 4 is 5.91 Å². The monoisotopic (exact) mass is 434 g/mol. The van der Waals surface area contributed by atoms with Gasteiger partial charge in [-0.1, -0.05) is 42.5 Å². The Morgan fingerprint density at radius 1 is 1.06 bits per heavy atom. The summed E-state index contributed by atoms with van der Waals surface area (Å²) in [5, 5.41) is 3.09. The molecule has 0 radical (unpaired) electrons. The Morgan fingerprint density at radius 2 is 1.91 bits per heavy atom. The highest BCUT2D eigenvalue weighted by atomic mass is 16.5. The van der Waals surface area contributed by atoms with E-state index >= 15 is 0 Å². The van der Waals surface area contributed by atoms with E-state index in [0.717, 1.165) is 76.3 Å². The summed E-state index contributed by atoms with van der Waals surface area (Å²) in [5.41, 5.74) is 3.83. The summed E-state index contributed by atoms with van der Waals surface area (Å²) in [7, 11) is 0. The van der Waals surface area contributed by atoms with E-state index in [4.69, 9.17) is 9.47 Å². The molecule has 1 unspecified atom stereocenters. The van der Waals surface area contributed by atoms with Gasteiger partial charge in [0.1, 0.15) is 5.75 Å². The molecule has 5 rings (SSSR count). The fourth-order valence-corrected chi connectivity index (χ4v) is 5.50. The number of piperidine rings is 1. The molecule has 3 aliphatic heterocycles. The van der Waals surface area contributed by atoms with Crippen molar-refractivity contribution in [3.63, 3.8) is 0 Å². The highest BCUT2D eigenvalue weighted by Gasteiger charge is 2.40. The van der Waals surface area contributed by atoms with Crippen molar-refractivity contribution in [3.8, 4) is 5.75 Å². The molecule has 5 nitrogen and oxygen atoms in total. The summed E-state index contributed by atoms with van der Waals surface area (Å²) in [6.45, 7) is 5.31. The maximum Gasteiger partial charge on any atom is 0.220 e. The third kappa shape index (κ3) is 5.16. The largest absolute Gasteiger partial charge is 0.493 e. The highest BCUT2D eigenvalue weighted by molar-refractivity contribution is 5.76. The molecule has 0 saturated carbocycles. The number of amides is 1. The molecule has 0 aliphatic carbocycles. The van der Waals surface area contributed by atoms with Gasteiger partial charge in [-0.2, -0.15) is 0 Å². The van der Waals surface area contributed by atoms with E-state index < -0.39 is 0 Å². The molecule has 2 aromatic carbocycles. The molecule has 0 bridgehead atoms. The van der Waals surface area contributed by atoms with E-state index in [1.165, 1.54) is 11.1 Å². The van der Waals surface area contributed by atoms with Crippen LogP contribution in [0, 0.1) is 5.92 Å². The van der Waals surface area contributed by atoms with Crippen LogP contribution < -0.4 is 10.1 Å². The number of nitrogens with zero attached hydrogens (tertiary/aromatic N) is 1. The summed E-state index contributed by atoms with van der Waals surface area (Å²) in [6, 6.07) is 16.8. The van der Waals surface area contributed by atoms with Crippen LogP contribution in [0.5, 0.6) is 5.75 Å². The van der Waals surface area contributed by atoms with E-state index in [-0.39, 0.29) is 11.5 Å². The number of hydrogen-bond acceptors (Lipinski definition) is 4. The molecule has 32 heavy (non-hydrogen) atoms. The van der Waals surface area contributed by atoms with Crippen LogP contribution in [-0.4, -0.2) is 42.7 Å². The fraction of sp³-hybridized carbons (Fsp3) is 0.519. The number of carbonyl (C=O) groups excluding carboxylic acids is 1. The third-order valence-corrected chi connectivity index (χ3v) is 7.33. The first-order valence-corrected chi connectivity index (χ1v) is 12.1. The first kappa shape index (κ1) is 21.5. The summed E-state index contributed by atoms with van der Waals surface area (Å²) >= 11 is 0. The average molecular weight is 435 g/mol. The molecule has 2 saturated heterocycles. The zero-order chi connectivity index (χ0) is 21.8. The zero-order valence-corrected chi connectivity index (χ0v) is 18.9. The number of ether oxygens (including phenoxy) is 2. The first-order valence-electron chi connectivity index (χ1n) is 12.1. The molecule has 0 aromatic heterocycles. The van der Waals surface area contributed by atoms with Crippen LogP contribution in [0.1, 0.15) is 48.8 Å². The quantitative estimate of drug-likeness (QED) is 0.744. The van der Waals surface area contributed by atoms with Gasteiger partial charge in [-0.25, -0.2) is 0 Å². The van der Waals surface area contributed by atoms with Crippen molar-refractivity contribution in [3.05, 3.63) is 65.2 Å². The average Bonchev–Trinajstić information content (AvgIpc) is 3.28. The molecule has 170 valence electrons. The summed E-state index contributed by atoms with van der Waals surface area (Å²) in [6.07, 6.45) is 5.75. The number of likely N-dealkylation sites (tertiary alicyclic amines) is 1. The fourth-order valence-electron chi connectivity index (χ4n) is 5.50.